The minimum absolute atomic E-state index is 0. The van der Waals surface area contributed by atoms with E-state index in [1.54, 1.807) is 24.3 Å². The van der Waals surface area contributed by atoms with Gasteiger partial charge in [0.05, 0.1) is 0 Å². The average Bonchev–Trinajstić information content (AvgIpc) is 1.85. The van der Waals surface area contributed by atoms with Gasteiger partial charge < -0.3 is 25.9 Å². The van der Waals surface area contributed by atoms with Gasteiger partial charge >= 0.3 is 7.82 Å². The molecule has 0 bridgehead atoms. The third kappa shape index (κ3) is 18.2. The maximum atomic E-state index is 8.88. The first-order chi connectivity index (χ1) is 5.39. The summed E-state index contributed by atoms with van der Waals surface area (Å²) in [6, 6.07) is 8.71. The van der Waals surface area contributed by atoms with Gasteiger partial charge in [0.1, 0.15) is 5.75 Å². The predicted molar refractivity (Wildman–Crippen MR) is 47.4 cm³/mol. The number of hydrogen-bond donors (Lipinski definition) is 5. The molecule has 1 rings (SSSR count). The van der Waals surface area contributed by atoms with Crippen molar-refractivity contribution in [2.24, 2.45) is 0 Å². The topological polar surface area (TPSA) is 133 Å². The molecule has 76 valence electrons. The Morgan fingerprint density at radius 3 is 1.46 bits per heavy atom. The number of rotatable bonds is 0. The fraction of sp³-hybridized carbons (Fsp3) is 0. The molecule has 7 N–H and O–H groups in total. The zero-order chi connectivity index (χ0) is 9.61. The number of phenolic OH excluding ortho intramolecular Hbond substituents is 1. The van der Waals surface area contributed by atoms with E-state index in [1.165, 1.54) is 0 Å². The highest BCUT2D eigenvalue weighted by Crippen LogP contribution is 2.25. The summed E-state index contributed by atoms with van der Waals surface area (Å²) in [5.74, 6) is 0.322. The number of para-hydroxylation sites is 1. The van der Waals surface area contributed by atoms with Gasteiger partial charge in [0.25, 0.3) is 0 Å². The lowest BCUT2D eigenvalue weighted by molar-refractivity contribution is 0.275. The lowest BCUT2D eigenvalue weighted by atomic mass is 10.3. The zero-order valence-corrected chi connectivity index (χ0v) is 7.63. The van der Waals surface area contributed by atoms with Gasteiger partial charge in [-0.2, -0.15) is 0 Å². The van der Waals surface area contributed by atoms with Gasteiger partial charge in [-0.3, -0.25) is 0 Å². The van der Waals surface area contributed by atoms with Crippen molar-refractivity contribution >= 4 is 7.82 Å². The van der Waals surface area contributed by atoms with Crippen molar-refractivity contribution in [3.63, 3.8) is 0 Å². The normalized spacial score (nSPS) is 9.15. The molecule has 0 aliphatic heterocycles. The van der Waals surface area contributed by atoms with Crippen LogP contribution in [0.25, 0.3) is 0 Å². The Bertz CT molecular complexity index is 251. The van der Waals surface area contributed by atoms with Gasteiger partial charge in [-0.15, -0.1) is 0 Å². The van der Waals surface area contributed by atoms with E-state index in [2.05, 4.69) is 0 Å². The molecule has 0 amide bonds. The largest absolute Gasteiger partial charge is 0.508 e. The molecule has 1 aromatic rings. The molecule has 0 radical (unpaired) electrons. The summed E-state index contributed by atoms with van der Waals surface area (Å²) in [6.07, 6.45) is 0. The summed E-state index contributed by atoms with van der Waals surface area (Å²) in [7, 11) is -4.64. The molecule has 0 saturated heterocycles. The van der Waals surface area contributed by atoms with Gasteiger partial charge in [-0.05, 0) is 12.1 Å². The second-order valence-corrected chi connectivity index (χ2v) is 2.88. The lowest BCUT2D eigenvalue weighted by Crippen LogP contribution is -1.66. The highest BCUT2D eigenvalue weighted by Gasteiger charge is 2.00. The molecule has 0 atom stereocenters. The molecular formula is C6H12NO5P. The Labute approximate surface area is 75.3 Å². The number of aromatic hydroxyl groups is 1. The van der Waals surface area contributed by atoms with Gasteiger partial charge in [-0.1, -0.05) is 18.2 Å². The van der Waals surface area contributed by atoms with Crippen LogP contribution in [0.3, 0.4) is 0 Å². The van der Waals surface area contributed by atoms with Gasteiger partial charge in [-0.25, -0.2) is 4.57 Å². The molecule has 0 aliphatic carbocycles. The molecule has 6 nitrogen and oxygen atoms in total. The van der Waals surface area contributed by atoms with E-state index in [-0.39, 0.29) is 6.15 Å². The van der Waals surface area contributed by atoms with Crippen molar-refractivity contribution in [1.29, 1.82) is 0 Å². The standard InChI is InChI=1S/C6H6O.H3N.H3O4P/c7-6-4-2-1-3-5-6;;1-5(2,3)4/h1-5,7H;1H3;(H3,1,2,3,4). The molecule has 0 fully saturated rings. The number of phenols is 1. The van der Waals surface area contributed by atoms with Gasteiger partial charge in [0.15, 0.2) is 0 Å². The van der Waals surface area contributed by atoms with Crippen LogP contribution in [0.15, 0.2) is 30.3 Å². The fourth-order valence-corrected chi connectivity index (χ4v) is 0.428. The maximum absolute atomic E-state index is 8.88. The van der Waals surface area contributed by atoms with Crippen LogP contribution >= 0.6 is 7.82 Å². The van der Waals surface area contributed by atoms with E-state index < -0.39 is 7.82 Å². The third-order valence-corrected chi connectivity index (χ3v) is 0.756. The molecule has 7 heteroatoms. The first-order valence-corrected chi connectivity index (χ1v) is 4.48. The summed E-state index contributed by atoms with van der Waals surface area (Å²) < 4.78 is 8.88. The Morgan fingerprint density at radius 1 is 1.00 bits per heavy atom. The Hall–Kier alpha value is -0.910. The van der Waals surface area contributed by atoms with E-state index in [0.717, 1.165) is 0 Å². The Balaban J connectivity index is 0. The zero-order valence-electron chi connectivity index (χ0n) is 6.74. The van der Waals surface area contributed by atoms with Crippen LogP contribution in [-0.2, 0) is 4.57 Å². The first kappa shape index (κ1) is 14.6. The molecule has 0 unspecified atom stereocenters. The molecular weight excluding hydrogens is 197 g/mol. The Morgan fingerprint density at radius 2 is 1.31 bits per heavy atom. The SMILES string of the molecule is N.O=P(O)(O)O.Oc1ccccc1. The Kier molecular flexibility index (Phi) is 7.40. The van der Waals surface area contributed by atoms with E-state index in [4.69, 9.17) is 24.4 Å². The average molecular weight is 209 g/mol. The second-order valence-electron chi connectivity index (χ2n) is 1.85. The van der Waals surface area contributed by atoms with Crippen LogP contribution in [0.2, 0.25) is 0 Å². The van der Waals surface area contributed by atoms with Crippen molar-refractivity contribution in [1.82, 2.24) is 6.15 Å². The van der Waals surface area contributed by atoms with Crippen LogP contribution in [0.4, 0.5) is 0 Å². The van der Waals surface area contributed by atoms with Crippen LogP contribution < -0.4 is 6.15 Å². The number of hydrogen-bond acceptors (Lipinski definition) is 3. The highest BCUT2D eigenvalue weighted by molar-refractivity contribution is 7.45. The lowest BCUT2D eigenvalue weighted by Gasteiger charge is -1.82. The van der Waals surface area contributed by atoms with Crippen molar-refractivity contribution in [2.45, 2.75) is 0 Å². The van der Waals surface area contributed by atoms with Crippen LogP contribution in [-0.4, -0.2) is 19.8 Å². The van der Waals surface area contributed by atoms with Crippen LogP contribution in [0.5, 0.6) is 5.75 Å². The summed E-state index contributed by atoms with van der Waals surface area (Å²) in [5.41, 5.74) is 0. The number of phosphoric acid groups is 1. The predicted octanol–water partition coefficient (Wildman–Crippen LogP) is 0.626. The fourth-order valence-electron chi connectivity index (χ4n) is 0.428. The van der Waals surface area contributed by atoms with Crippen molar-refractivity contribution in [2.75, 3.05) is 0 Å². The monoisotopic (exact) mass is 209 g/mol. The van der Waals surface area contributed by atoms with E-state index in [1.807, 2.05) is 6.07 Å². The first-order valence-electron chi connectivity index (χ1n) is 2.92. The van der Waals surface area contributed by atoms with E-state index in [0.29, 0.717) is 5.75 Å². The van der Waals surface area contributed by atoms with Gasteiger partial charge in [0.2, 0.25) is 0 Å². The highest BCUT2D eigenvalue weighted by atomic mass is 31.2. The van der Waals surface area contributed by atoms with E-state index >= 15 is 0 Å². The molecule has 0 saturated carbocycles. The quantitative estimate of drug-likeness (QED) is 0.398. The van der Waals surface area contributed by atoms with E-state index in [9.17, 15) is 0 Å². The summed E-state index contributed by atoms with van der Waals surface area (Å²) >= 11 is 0. The third-order valence-electron chi connectivity index (χ3n) is 0.756. The van der Waals surface area contributed by atoms with Crippen molar-refractivity contribution in [3.05, 3.63) is 30.3 Å². The molecule has 13 heavy (non-hydrogen) atoms. The molecule has 1 aromatic carbocycles. The minimum atomic E-state index is -4.64. The molecule has 0 heterocycles. The molecule has 0 spiro atoms. The molecule has 0 aromatic heterocycles. The van der Waals surface area contributed by atoms with Crippen LogP contribution in [0, 0.1) is 0 Å². The van der Waals surface area contributed by atoms with Crippen molar-refractivity contribution in [3.8, 4) is 5.75 Å². The molecule has 0 aliphatic rings. The smallest absolute Gasteiger partial charge is 0.466 e. The summed E-state index contributed by atoms with van der Waals surface area (Å²) in [6.45, 7) is 0. The van der Waals surface area contributed by atoms with Crippen LogP contribution in [0.1, 0.15) is 0 Å². The maximum Gasteiger partial charge on any atom is 0.466 e. The second kappa shape index (κ2) is 6.59. The number of benzene rings is 1. The summed E-state index contributed by atoms with van der Waals surface area (Å²) in [5, 5.41) is 8.63. The van der Waals surface area contributed by atoms with Crippen molar-refractivity contribution < 1.29 is 24.4 Å². The minimum Gasteiger partial charge on any atom is -0.508 e. The van der Waals surface area contributed by atoms with Gasteiger partial charge in [0, 0.05) is 0 Å². The summed E-state index contributed by atoms with van der Waals surface area (Å²) in [4.78, 5) is 21.6.